The second-order valence-corrected chi connectivity index (χ2v) is 16.6. The second kappa shape index (κ2) is 12.0. The molecule has 2 atom stereocenters. The molecule has 45 heavy (non-hydrogen) atoms. The Morgan fingerprint density at radius 1 is 1.00 bits per heavy atom. The molecule has 1 N–H and O–H groups in total. The van der Waals surface area contributed by atoms with Gasteiger partial charge in [-0.25, -0.2) is 18.1 Å². The largest absolute Gasteiger partial charge is 0.477 e. The summed E-state index contributed by atoms with van der Waals surface area (Å²) < 4.78 is 36.9. The molecule has 2 aliphatic heterocycles. The van der Waals surface area contributed by atoms with E-state index in [4.69, 9.17) is 4.74 Å². The predicted octanol–water partition coefficient (Wildman–Crippen LogP) is 7.74. The van der Waals surface area contributed by atoms with Crippen LogP contribution >= 0.6 is 0 Å². The van der Waals surface area contributed by atoms with Gasteiger partial charge in [-0.15, -0.1) is 0 Å². The number of fused-ring (bicyclic) bond motifs is 4. The van der Waals surface area contributed by atoms with E-state index in [0.29, 0.717) is 35.4 Å². The summed E-state index contributed by atoms with van der Waals surface area (Å²) >= 11 is 0. The van der Waals surface area contributed by atoms with Gasteiger partial charge in [0, 0.05) is 23.6 Å². The summed E-state index contributed by atoms with van der Waals surface area (Å²) in [5.41, 5.74) is 5.31. The summed E-state index contributed by atoms with van der Waals surface area (Å²) in [4.78, 5) is 12.3. The molecular formula is C37H48N4O3S. The lowest BCUT2D eigenvalue weighted by atomic mass is 9.52. The lowest BCUT2D eigenvalue weighted by Crippen LogP contribution is -2.52. The average molecular weight is 629 g/mol. The normalized spacial score (nSPS) is 24.9. The zero-order chi connectivity index (χ0) is 31.3. The number of anilines is 1. The van der Waals surface area contributed by atoms with Crippen molar-refractivity contribution in [1.82, 2.24) is 14.9 Å². The van der Waals surface area contributed by atoms with E-state index in [1.54, 1.807) is 6.07 Å². The SMILES string of the molecule is Cc1cccc(C)c1-c1cc2nc(n1)NS(=O)(=O)c1cccc(c1)C(C1CC3(CCN(C4CCC4)CC3)C1)C(CC(C)C)CO2. The van der Waals surface area contributed by atoms with E-state index >= 15 is 0 Å². The highest BCUT2D eigenvalue weighted by atomic mass is 32.2. The number of rotatable bonds is 5. The van der Waals surface area contributed by atoms with Crippen LogP contribution in [0.25, 0.3) is 11.3 Å². The Kier molecular flexibility index (Phi) is 8.18. The molecule has 2 aliphatic carbocycles. The van der Waals surface area contributed by atoms with Crippen molar-refractivity contribution in [3.05, 3.63) is 65.2 Å². The number of aromatic nitrogens is 2. The fraction of sp³-hybridized carbons (Fsp3) is 0.568. The van der Waals surface area contributed by atoms with Gasteiger partial charge in [-0.1, -0.05) is 50.6 Å². The maximum Gasteiger partial charge on any atom is 0.264 e. The van der Waals surface area contributed by atoms with Crippen LogP contribution in [0.5, 0.6) is 5.88 Å². The maximum absolute atomic E-state index is 13.8. The number of piperidine rings is 1. The quantitative estimate of drug-likeness (QED) is 0.311. The fourth-order valence-electron chi connectivity index (χ4n) is 8.83. The van der Waals surface area contributed by atoms with Gasteiger partial charge in [0.15, 0.2) is 0 Å². The van der Waals surface area contributed by atoms with Gasteiger partial charge in [-0.2, -0.15) is 4.98 Å². The fourth-order valence-corrected chi connectivity index (χ4v) is 9.83. The third kappa shape index (κ3) is 6.12. The van der Waals surface area contributed by atoms with E-state index in [-0.39, 0.29) is 22.7 Å². The summed E-state index contributed by atoms with van der Waals surface area (Å²) in [5, 5.41) is 0. The Labute approximate surface area is 269 Å². The van der Waals surface area contributed by atoms with Crippen LogP contribution in [-0.4, -0.2) is 49.0 Å². The van der Waals surface area contributed by atoms with Crippen molar-refractivity contribution >= 4 is 16.0 Å². The van der Waals surface area contributed by atoms with Crippen molar-refractivity contribution in [3.63, 3.8) is 0 Å². The zero-order valence-electron chi connectivity index (χ0n) is 27.3. The van der Waals surface area contributed by atoms with Gasteiger partial charge in [0.2, 0.25) is 11.8 Å². The van der Waals surface area contributed by atoms with E-state index in [2.05, 4.69) is 39.5 Å². The number of ether oxygens (including phenoxy) is 1. The topological polar surface area (TPSA) is 84.4 Å². The minimum Gasteiger partial charge on any atom is -0.477 e. The summed E-state index contributed by atoms with van der Waals surface area (Å²) in [6, 6.07) is 16.5. The van der Waals surface area contributed by atoms with Gasteiger partial charge in [-0.05, 0) is 124 Å². The monoisotopic (exact) mass is 628 g/mol. The van der Waals surface area contributed by atoms with Gasteiger partial charge < -0.3 is 9.64 Å². The molecule has 1 aromatic heterocycles. The summed E-state index contributed by atoms with van der Waals surface area (Å²) in [6.45, 7) is 11.6. The van der Waals surface area contributed by atoms with Crippen LogP contribution in [0.15, 0.2) is 53.4 Å². The van der Waals surface area contributed by atoms with Gasteiger partial charge in [0.1, 0.15) is 0 Å². The number of benzene rings is 2. The minimum atomic E-state index is -3.92. The molecule has 0 amide bonds. The summed E-state index contributed by atoms with van der Waals surface area (Å²) in [5.74, 6) is 1.88. The molecule has 1 saturated heterocycles. The van der Waals surface area contributed by atoms with E-state index < -0.39 is 10.0 Å². The molecular weight excluding hydrogens is 580 g/mol. The maximum atomic E-state index is 13.8. The number of hydrogen-bond acceptors (Lipinski definition) is 6. The lowest BCUT2D eigenvalue weighted by Gasteiger charge is -2.57. The van der Waals surface area contributed by atoms with Gasteiger partial charge in [0.05, 0.1) is 17.2 Å². The van der Waals surface area contributed by atoms with Gasteiger partial charge >= 0.3 is 0 Å². The molecule has 8 heteroatoms. The van der Waals surface area contributed by atoms with Crippen molar-refractivity contribution in [2.75, 3.05) is 24.4 Å². The zero-order valence-corrected chi connectivity index (χ0v) is 28.1. The van der Waals surface area contributed by atoms with Crippen molar-refractivity contribution < 1.29 is 13.2 Å². The molecule has 240 valence electrons. The molecule has 3 heterocycles. The molecule has 3 aromatic rings. The Morgan fingerprint density at radius 2 is 1.71 bits per heavy atom. The molecule has 2 aromatic carbocycles. The molecule has 1 spiro atoms. The number of aryl methyl sites for hydroxylation is 2. The first kappa shape index (κ1) is 30.7. The number of sulfonamides is 1. The van der Waals surface area contributed by atoms with E-state index in [9.17, 15) is 8.42 Å². The highest BCUT2D eigenvalue weighted by Crippen LogP contribution is 2.59. The van der Waals surface area contributed by atoms with Crippen LogP contribution < -0.4 is 9.46 Å². The van der Waals surface area contributed by atoms with Crippen LogP contribution in [-0.2, 0) is 10.0 Å². The van der Waals surface area contributed by atoms with Gasteiger partial charge in [0.25, 0.3) is 10.0 Å². The predicted molar refractivity (Wildman–Crippen MR) is 179 cm³/mol. The molecule has 4 aliphatic rings. The molecule has 3 fully saturated rings. The summed E-state index contributed by atoms with van der Waals surface area (Å²) in [6.07, 6.45) is 10.2. The van der Waals surface area contributed by atoms with Crippen molar-refractivity contribution in [3.8, 4) is 17.1 Å². The second-order valence-electron chi connectivity index (χ2n) is 14.9. The van der Waals surface area contributed by atoms with Crippen LogP contribution in [0.2, 0.25) is 0 Å². The van der Waals surface area contributed by atoms with Crippen LogP contribution in [0.4, 0.5) is 5.95 Å². The summed E-state index contributed by atoms with van der Waals surface area (Å²) in [7, 11) is -3.92. The van der Waals surface area contributed by atoms with Crippen molar-refractivity contribution in [1.29, 1.82) is 0 Å². The number of nitrogens with one attached hydrogen (secondary N) is 1. The molecule has 0 radical (unpaired) electrons. The lowest BCUT2D eigenvalue weighted by molar-refractivity contribution is -0.0516. The molecule has 7 nitrogen and oxygen atoms in total. The highest BCUT2D eigenvalue weighted by molar-refractivity contribution is 7.92. The van der Waals surface area contributed by atoms with E-state index in [1.165, 1.54) is 58.0 Å². The Balaban J connectivity index is 1.23. The smallest absolute Gasteiger partial charge is 0.264 e. The van der Waals surface area contributed by atoms with Crippen LogP contribution in [0.1, 0.15) is 87.8 Å². The standard InChI is InChI=1S/C37H48N4O3S/c1-24(2)18-28-23-44-33-20-32(34-25(3)8-5-9-26(34)4)38-36(39-33)40-45(42,43)31-13-6-10-27(19-31)35(28)29-21-37(22-29)14-16-41(17-15-37)30-11-7-12-30/h5-6,8-10,13,19-20,24,28-30,35H,7,11-12,14-18,21-23H2,1-4H3,(H,38,39,40). The third-order valence-electron chi connectivity index (χ3n) is 11.3. The van der Waals surface area contributed by atoms with Crippen molar-refractivity contribution in [2.24, 2.45) is 23.2 Å². The molecule has 2 saturated carbocycles. The molecule has 4 bridgehead atoms. The third-order valence-corrected chi connectivity index (χ3v) is 12.6. The average Bonchev–Trinajstić information content (AvgIpc) is 2.94. The van der Waals surface area contributed by atoms with Crippen LogP contribution in [0.3, 0.4) is 0 Å². The van der Waals surface area contributed by atoms with Gasteiger partial charge in [-0.3, -0.25) is 0 Å². The van der Waals surface area contributed by atoms with E-state index in [1.807, 2.05) is 50.2 Å². The van der Waals surface area contributed by atoms with Crippen molar-refractivity contribution in [2.45, 2.75) is 95.9 Å². The highest BCUT2D eigenvalue weighted by Gasteiger charge is 2.50. The Hall–Kier alpha value is -2.97. The van der Waals surface area contributed by atoms with Crippen LogP contribution in [0, 0.1) is 37.0 Å². The molecule has 2 unspecified atom stereocenters. The number of hydrogen-bond donors (Lipinski definition) is 1. The Bertz CT molecular complexity index is 1630. The molecule has 7 rings (SSSR count). The Morgan fingerprint density at radius 3 is 2.38 bits per heavy atom. The first-order valence-corrected chi connectivity index (χ1v) is 18.5. The minimum absolute atomic E-state index is 0.0299. The van der Waals surface area contributed by atoms with E-state index in [0.717, 1.165) is 34.7 Å². The first-order valence-electron chi connectivity index (χ1n) is 17.0. The first-order chi connectivity index (χ1) is 21.6. The number of nitrogens with zero attached hydrogens (tertiary/aromatic N) is 3. The number of likely N-dealkylation sites (tertiary alicyclic amines) is 1.